The zero-order valence-corrected chi connectivity index (χ0v) is 6.33. The Bertz CT molecular complexity index is 218. The highest BCUT2D eigenvalue weighted by Gasteiger charge is 2.00. The molecule has 2 heteroatoms. The molecule has 0 spiro atoms. The third kappa shape index (κ3) is 1.33. The normalized spacial score (nSPS) is 13.1. The van der Waals surface area contributed by atoms with Gasteiger partial charge in [0.05, 0.1) is 0 Å². The molecule has 0 saturated heterocycles. The first kappa shape index (κ1) is 7.22. The summed E-state index contributed by atoms with van der Waals surface area (Å²) in [6.45, 7) is 4.00. The third-order valence-corrected chi connectivity index (χ3v) is 1.57. The maximum absolute atomic E-state index is 5.67. The largest absolute Gasteiger partial charge is 0.324 e. The average Bonchev–Trinajstić information content (AvgIpc) is 1.88. The third-order valence-electron chi connectivity index (χ3n) is 1.57. The Labute approximate surface area is 61.1 Å². The van der Waals surface area contributed by atoms with Gasteiger partial charge < -0.3 is 5.73 Å². The highest BCUT2D eigenvalue weighted by atomic mass is 14.7. The summed E-state index contributed by atoms with van der Waals surface area (Å²) < 4.78 is 0. The highest BCUT2D eigenvalue weighted by molar-refractivity contribution is 5.23. The van der Waals surface area contributed by atoms with Crippen molar-refractivity contribution in [3.05, 3.63) is 29.6 Å². The van der Waals surface area contributed by atoms with E-state index in [4.69, 9.17) is 5.73 Å². The maximum Gasteiger partial charge on any atom is 0.0318 e. The van der Waals surface area contributed by atoms with Crippen LogP contribution in [-0.4, -0.2) is 4.98 Å². The van der Waals surface area contributed by atoms with Gasteiger partial charge in [0.2, 0.25) is 0 Å². The average molecular weight is 136 g/mol. The van der Waals surface area contributed by atoms with E-state index in [1.54, 1.807) is 6.20 Å². The fourth-order valence-electron chi connectivity index (χ4n) is 0.953. The molecule has 0 unspecified atom stereocenters. The first-order valence-electron chi connectivity index (χ1n) is 3.38. The second-order valence-corrected chi connectivity index (χ2v) is 2.52. The van der Waals surface area contributed by atoms with Crippen molar-refractivity contribution < 1.29 is 0 Å². The van der Waals surface area contributed by atoms with Gasteiger partial charge >= 0.3 is 0 Å². The molecule has 2 N–H and O–H groups in total. The van der Waals surface area contributed by atoms with Gasteiger partial charge in [0.15, 0.2) is 0 Å². The Morgan fingerprint density at radius 1 is 1.60 bits per heavy atom. The summed E-state index contributed by atoms with van der Waals surface area (Å²) >= 11 is 0. The van der Waals surface area contributed by atoms with E-state index in [1.807, 2.05) is 26.1 Å². The second kappa shape index (κ2) is 2.80. The number of nitrogens with zero attached hydrogens (tertiary/aromatic N) is 1. The summed E-state index contributed by atoms with van der Waals surface area (Å²) in [6, 6.07) is 2.06. The van der Waals surface area contributed by atoms with Gasteiger partial charge in [-0.15, -0.1) is 0 Å². The van der Waals surface area contributed by atoms with Crippen LogP contribution < -0.4 is 5.73 Å². The standard InChI is InChI=1S/C8H12N2/c1-6-3-4-10-5-8(6)7(2)9/h3-5,7H,9H2,1-2H3/t7-/m0/s1. The Morgan fingerprint density at radius 3 is 2.70 bits per heavy atom. The molecular formula is C8H12N2. The van der Waals surface area contributed by atoms with Gasteiger partial charge in [0.1, 0.15) is 0 Å². The van der Waals surface area contributed by atoms with Crippen LogP contribution in [0.5, 0.6) is 0 Å². The van der Waals surface area contributed by atoms with Crippen LogP contribution in [-0.2, 0) is 0 Å². The van der Waals surface area contributed by atoms with Gasteiger partial charge in [-0.25, -0.2) is 0 Å². The molecule has 1 atom stereocenters. The lowest BCUT2D eigenvalue weighted by Gasteiger charge is -2.06. The number of nitrogens with two attached hydrogens (primary N) is 1. The molecular weight excluding hydrogens is 124 g/mol. The minimum atomic E-state index is 0.0914. The minimum Gasteiger partial charge on any atom is -0.324 e. The number of hydrogen-bond acceptors (Lipinski definition) is 2. The van der Waals surface area contributed by atoms with Gasteiger partial charge in [0, 0.05) is 18.4 Å². The van der Waals surface area contributed by atoms with E-state index in [2.05, 4.69) is 4.98 Å². The van der Waals surface area contributed by atoms with Crippen molar-refractivity contribution in [2.45, 2.75) is 19.9 Å². The Hall–Kier alpha value is -0.890. The number of aryl methyl sites for hydroxylation is 1. The molecule has 10 heavy (non-hydrogen) atoms. The van der Waals surface area contributed by atoms with Crippen LogP contribution in [0.3, 0.4) is 0 Å². The predicted molar refractivity (Wildman–Crippen MR) is 41.6 cm³/mol. The van der Waals surface area contributed by atoms with E-state index in [1.165, 1.54) is 5.56 Å². The van der Waals surface area contributed by atoms with Crippen LogP contribution in [0.4, 0.5) is 0 Å². The van der Waals surface area contributed by atoms with Gasteiger partial charge in [-0.3, -0.25) is 4.98 Å². The van der Waals surface area contributed by atoms with E-state index in [9.17, 15) is 0 Å². The van der Waals surface area contributed by atoms with Crippen LogP contribution in [0.2, 0.25) is 0 Å². The summed E-state index contributed by atoms with van der Waals surface area (Å²) in [5.74, 6) is 0. The number of hydrogen-bond donors (Lipinski definition) is 1. The summed E-state index contributed by atoms with van der Waals surface area (Å²) in [4.78, 5) is 3.99. The lowest BCUT2D eigenvalue weighted by molar-refractivity contribution is 0.803. The molecule has 1 aromatic heterocycles. The van der Waals surface area contributed by atoms with Crippen LogP contribution in [0.15, 0.2) is 18.5 Å². The van der Waals surface area contributed by atoms with E-state index in [-0.39, 0.29) is 6.04 Å². The van der Waals surface area contributed by atoms with E-state index < -0.39 is 0 Å². The van der Waals surface area contributed by atoms with Crippen molar-refractivity contribution in [3.8, 4) is 0 Å². The Balaban J connectivity index is 3.03. The zero-order valence-electron chi connectivity index (χ0n) is 6.33. The number of aromatic nitrogens is 1. The van der Waals surface area contributed by atoms with Crippen molar-refractivity contribution in [2.24, 2.45) is 5.73 Å². The van der Waals surface area contributed by atoms with Crippen molar-refractivity contribution >= 4 is 0 Å². The van der Waals surface area contributed by atoms with Crippen molar-refractivity contribution in [1.82, 2.24) is 4.98 Å². The van der Waals surface area contributed by atoms with Crippen molar-refractivity contribution in [2.75, 3.05) is 0 Å². The molecule has 0 aliphatic carbocycles. The smallest absolute Gasteiger partial charge is 0.0318 e. The predicted octanol–water partition coefficient (Wildman–Crippen LogP) is 1.41. The second-order valence-electron chi connectivity index (χ2n) is 2.52. The SMILES string of the molecule is Cc1ccncc1[C@H](C)N. The molecule has 0 aliphatic rings. The van der Waals surface area contributed by atoms with Crippen LogP contribution in [0.25, 0.3) is 0 Å². The molecule has 0 radical (unpaired) electrons. The maximum atomic E-state index is 5.67. The fraction of sp³-hybridized carbons (Fsp3) is 0.375. The fourth-order valence-corrected chi connectivity index (χ4v) is 0.953. The molecule has 1 rings (SSSR count). The molecule has 0 aromatic carbocycles. The quantitative estimate of drug-likeness (QED) is 0.634. The lowest BCUT2D eigenvalue weighted by atomic mass is 10.1. The zero-order chi connectivity index (χ0) is 7.56. The van der Waals surface area contributed by atoms with Gasteiger partial charge in [-0.2, -0.15) is 0 Å². The summed E-state index contributed by atoms with van der Waals surface area (Å²) in [6.07, 6.45) is 3.60. The minimum absolute atomic E-state index is 0.0914. The number of rotatable bonds is 1. The topological polar surface area (TPSA) is 38.9 Å². The monoisotopic (exact) mass is 136 g/mol. The molecule has 0 fully saturated rings. The lowest BCUT2D eigenvalue weighted by Crippen LogP contribution is -2.06. The van der Waals surface area contributed by atoms with E-state index in [0.717, 1.165) is 5.56 Å². The van der Waals surface area contributed by atoms with E-state index in [0.29, 0.717) is 0 Å². The molecule has 0 saturated carbocycles. The van der Waals surface area contributed by atoms with Crippen molar-refractivity contribution in [3.63, 3.8) is 0 Å². The molecule has 0 amide bonds. The first-order valence-corrected chi connectivity index (χ1v) is 3.38. The van der Waals surface area contributed by atoms with Crippen LogP contribution >= 0.6 is 0 Å². The molecule has 1 heterocycles. The van der Waals surface area contributed by atoms with Gasteiger partial charge in [0.25, 0.3) is 0 Å². The first-order chi connectivity index (χ1) is 4.72. The Kier molecular flexibility index (Phi) is 2.02. The summed E-state index contributed by atoms with van der Waals surface area (Å²) in [5, 5.41) is 0. The highest BCUT2D eigenvalue weighted by Crippen LogP contribution is 2.11. The van der Waals surface area contributed by atoms with Gasteiger partial charge in [-0.1, -0.05) is 0 Å². The Morgan fingerprint density at radius 2 is 2.30 bits per heavy atom. The molecule has 1 aromatic rings. The molecule has 0 aliphatic heterocycles. The summed E-state index contributed by atoms with van der Waals surface area (Å²) in [5.41, 5.74) is 8.01. The van der Waals surface area contributed by atoms with Crippen molar-refractivity contribution in [1.29, 1.82) is 0 Å². The molecule has 2 nitrogen and oxygen atoms in total. The van der Waals surface area contributed by atoms with Crippen LogP contribution in [0.1, 0.15) is 24.1 Å². The van der Waals surface area contributed by atoms with Crippen LogP contribution in [0, 0.1) is 6.92 Å². The summed E-state index contributed by atoms with van der Waals surface area (Å²) in [7, 11) is 0. The molecule has 54 valence electrons. The van der Waals surface area contributed by atoms with Gasteiger partial charge in [-0.05, 0) is 31.0 Å². The number of pyridine rings is 1. The molecule has 0 bridgehead atoms. The van der Waals surface area contributed by atoms with E-state index >= 15 is 0 Å².